The maximum absolute atomic E-state index is 2.55. The summed E-state index contributed by atoms with van der Waals surface area (Å²) in [4.78, 5) is 2.55. The maximum atomic E-state index is 2.55. The third kappa shape index (κ3) is 3.05. The Morgan fingerprint density at radius 3 is 2.24 bits per heavy atom. The summed E-state index contributed by atoms with van der Waals surface area (Å²) in [7, 11) is 2.30. The second-order valence-corrected chi connectivity index (χ2v) is 7.21. The fourth-order valence-corrected chi connectivity index (χ4v) is 4.32. The van der Waals surface area contributed by atoms with Gasteiger partial charge in [-0.15, -0.1) is 0 Å². The third-order valence-corrected chi connectivity index (χ3v) is 5.39. The monoisotopic (exact) mass is 237 g/mol. The van der Waals surface area contributed by atoms with Crippen molar-refractivity contribution in [1.29, 1.82) is 0 Å². The molecular formula is C16H31N. The highest BCUT2D eigenvalue weighted by molar-refractivity contribution is 4.98. The van der Waals surface area contributed by atoms with Gasteiger partial charge < -0.3 is 4.90 Å². The zero-order valence-corrected chi connectivity index (χ0v) is 12.3. The predicted molar refractivity (Wildman–Crippen MR) is 75.2 cm³/mol. The van der Waals surface area contributed by atoms with E-state index in [0.717, 1.165) is 23.3 Å². The summed E-state index contributed by atoms with van der Waals surface area (Å²) in [5.74, 6) is 1.97. The predicted octanol–water partition coefficient (Wildman–Crippen LogP) is 4.32. The highest BCUT2D eigenvalue weighted by atomic mass is 15.1. The summed E-state index contributed by atoms with van der Waals surface area (Å²) in [6, 6.07) is 0.884. The van der Waals surface area contributed by atoms with Crippen LogP contribution in [0.3, 0.4) is 0 Å². The molecule has 0 aromatic carbocycles. The van der Waals surface area contributed by atoms with Gasteiger partial charge in [0, 0.05) is 6.04 Å². The third-order valence-electron chi connectivity index (χ3n) is 5.39. The van der Waals surface area contributed by atoms with Gasteiger partial charge in [-0.3, -0.25) is 0 Å². The van der Waals surface area contributed by atoms with Gasteiger partial charge in [-0.2, -0.15) is 0 Å². The molecule has 0 radical (unpaired) electrons. The van der Waals surface area contributed by atoms with Crippen LogP contribution in [0.25, 0.3) is 0 Å². The van der Waals surface area contributed by atoms with E-state index in [1.54, 1.807) is 12.8 Å². The van der Waals surface area contributed by atoms with Crippen molar-refractivity contribution in [3.05, 3.63) is 0 Å². The highest BCUT2D eigenvalue weighted by Crippen LogP contribution is 2.56. The molecule has 0 unspecified atom stereocenters. The zero-order chi connectivity index (χ0) is 12.5. The topological polar surface area (TPSA) is 3.24 Å². The molecule has 1 heteroatoms. The summed E-state index contributed by atoms with van der Waals surface area (Å²) in [6.45, 7) is 8.25. The van der Waals surface area contributed by atoms with E-state index in [2.05, 4.69) is 32.7 Å². The van der Waals surface area contributed by atoms with Crippen molar-refractivity contribution in [3.8, 4) is 0 Å². The Balaban J connectivity index is 1.74. The van der Waals surface area contributed by atoms with Crippen molar-refractivity contribution in [2.45, 2.75) is 71.8 Å². The molecular weight excluding hydrogens is 206 g/mol. The molecule has 2 rings (SSSR count). The van der Waals surface area contributed by atoms with Crippen LogP contribution in [0.5, 0.6) is 0 Å². The first-order valence-electron chi connectivity index (χ1n) is 7.75. The molecule has 0 aromatic rings. The Hall–Kier alpha value is -0.0400. The summed E-state index contributed by atoms with van der Waals surface area (Å²) in [6.07, 6.45) is 10.5. The van der Waals surface area contributed by atoms with E-state index in [9.17, 15) is 0 Å². The van der Waals surface area contributed by atoms with Gasteiger partial charge in [0.1, 0.15) is 0 Å². The van der Waals surface area contributed by atoms with E-state index in [4.69, 9.17) is 0 Å². The van der Waals surface area contributed by atoms with Gasteiger partial charge in [0.2, 0.25) is 0 Å². The molecule has 0 heterocycles. The lowest BCUT2D eigenvalue weighted by Crippen LogP contribution is -2.45. The normalized spacial score (nSPS) is 37.8. The lowest BCUT2D eigenvalue weighted by molar-refractivity contribution is -0.0156. The van der Waals surface area contributed by atoms with Gasteiger partial charge in [-0.05, 0) is 75.8 Å². The van der Waals surface area contributed by atoms with E-state index < -0.39 is 0 Å². The summed E-state index contributed by atoms with van der Waals surface area (Å²) < 4.78 is 0. The number of rotatable bonds is 4. The van der Waals surface area contributed by atoms with Gasteiger partial charge in [-0.25, -0.2) is 0 Å². The fraction of sp³-hybridized carbons (Fsp3) is 1.00. The summed E-state index contributed by atoms with van der Waals surface area (Å²) in [5.41, 5.74) is 0.796. The lowest BCUT2D eigenvalue weighted by Gasteiger charge is -2.53. The van der Waals surface area contributed by atoms with Crippen molar-refractivity contribution in [3.63, 3.8) is 0 Å². The van der Waals surface area contributed by atoms with E-state index in [1.807, 2.05) is 0 Å². The van der Waals surface area contributed by atoms with Crippen LogP contribution in [0.15, 0.2) is 0 Å². The van der Waals surface area contributed by atoms with Crippen LogP contribution in [-0.4, -0.2) is 24.5 Å². The molecule has 0 aromatic heterocycles. The largest absolute Gasteiger partial charge is 0.304 e. The Morgan fingerprint density at radius 2 is 1.76 bits per heavy atom. The van der Waals surface area contributed by atoms with Gasteiger partial charge in [0.05, 0.1) is 0 Å². The Bertz CT molecular complexity index is 230. The van der Waals surface area contributed by atoms with Crippen LogP contribution in [0.1, 0.15) is 65.7 Å². The summed E-state index contributed by atoms with van der Waals surface area (Å²) in [5, 5.41) is 0. The van der Waals surface area contributed by atoms with Crippen LogP contribution in [-0.2, 0) is 0 Å². The lowest BCUT2D eigenvalue weighted by atomic mass is 9.54. The second-order valence-electron chi connectivity index (χ2n) is 7.21. The minimum atomic E-state index is 0.796. The fourth-order valence-electron chi connectivity index (χ4n) is 4.32. The number of nitrogens with zero attached hydrogens (tertiary/aromatic N) is 1. The Morgan fingerprint density at radius 1 is 1.18 bits per heavy atom. The first kappa shape index (κ1) is 13.4. The van der Waals surface area contributed by atoms with E-state index in [-0.39, 0.29) is 0 Å². The smallest absolute Gasteiger partial charge is 0.00925 e. The first-order chi connectivity index (χ1) is 8.04. The van der Waals surface area contributed by atoms with Crippen molar-refractivity contribution >= 4 is 0 Å². The van der Waals surface area contributed by atoms with Crippen molar-refractivity contribution in [2.75, 3.05) is 13.6 Å². The number of hydrogen-bond acceptors (Lipinski definition) is 1. The molecule has 1 nitrogen and oxygen atoms in total. The van der Waals surface area contributed by atoms with Crippen LogP contribution in [0, 0.1) is 17.3 Å². The van der Waals surface area contributed by atoms with Crippen LogP contribution >= 0.6 is 0 Å². The number of hydrogen-bond donors (Lipinski definition) is 0. The van der Waals surface area contributed by atoms with E-state index in [1.165, 1.54) is 38.6 Å². The van der Waals surface area contributed by atoms with Crippen molar-refractivity contribution in [2.24, 2.45) is 17.3 Å². The molecule has 2 aliphatic rings. The average Bonchev–Trinajstić information content (AvgIpc) is 2.26. The first-order valence-corrected chi connectivity index (χ1v) is 7.75. The molecule has 0 aliphatic heterocycles. The van der Waals surface area contributed by atoms with E-state index in [0.29, 0.717) is 0 Å². The molecule has 17 heavy (non-hydrogen) atoms. The molecule has 0 amide bonds. The van der Waals surface area contributed by atoms with Gasteiger partial charge >= 0.3 is 0 Å². The molecule has 0 atom stereocenters. The minimum absolute atomic E-state index is 0.796. The Kier molecular flexibility index (Phi) is 4.18. The standard InChI is InChI=1S/C16H31N/c1-5-17(4)15-6-8-16(9-7-15)11-14(12-16)10-13(2)3/h13-15H,5-12H2,1-4H3/t14-,15-,16?. The SMILES string of the molecule is CCN(C)[C@H]1CCC2(CC1)C[C@H](CC(C)C)C2. The molecule has 0 N–H and O–H groups in total. The molecule has 100 valence electrons. The zero-order valence-electron chi connectivity index (χ0n) is 12.3. The molecule has 0 bridgehead atoms. The molecule has 1 spiro atoms. The maximum Gasteiger partial charge on any atom is 0.00925 e. The minimum Gasteiger partial charge on any atom is -0.304 e. The molecule has 2 saturated carbocycles. The van der Waals surface area contributed by atoms with Gasteiger partial charge in [0.25, 0.3) is 0 Å². The van der Waals surface area contributed by atoms with Crippen molar-refractivity contribution < 1.29 is 0 Å². The van der Waals surface area contributed by atoms with Gasteiger partial charge in [-0.1, -0.05) is 20.8 Å². The molecule has 2 aliphatic carbocycles. The average molecular weight is 237 g/mol. The molecule has 0 saturated heterocycles. The Labute approximate surface area is 108 Å². The van der Waals surface area contributed by atoms with Crippen LogP contribution < -0.4 is 0 Å². The van der Waals surface area contributed by atoms with E-state index >= 15 is 0 Å². The van der Waals surface area contributed by atoms with Crippen LogP contribution in [0.4, 0.5) is 0 Å². The quantitative estimate of drug-likeness (QED) is 0.703. The second kappa shape index (κ2) is 5.30. The molecule has 2 fully saturated rings. The highest BCUT2D eigenvalue weighted by Gasteiger charge is 2.45. The summed E-state index contributed by atoms with van der Waals surface area (Å²) >= 11 is 0. The van der Waals surface area contributed by atoms with Gasteiger partial charge in [0.15, 0.2) is 0 Å². The van der Waals surface area contributed by atoms with Crippen molar-refractivity contribution in [1.82, 2.24) is 4.90 Å². The van der Waals surface area contributed by atoms with Crippen LogP contribution in [0.2, 0.25) is 0 Å².